The van der Waals surface area contributed by atoms with E-state index in [1.807, 2.05) is 0 Å². The first-order valence-corrected chi connectivity index (χ1v) is 10.3. The Morgan fingerprint density at radius 3 is 2.96 bits per heavy atom. The van der Waals surface area contributed by atoms with Crippen molar-refractivity contribution in [3.8, 4) is 17.2 Å². The van der Waals surface area contributed by atoms with E-state index in [0.717, 1.165) is 17.8 Å². The third-order valence-corrected chi connectivity index (χ3v) is 6.34. The zero-order chi connectivity index (χ0) is 20.3. The summed E-state index contributed by atoms with van der Waals surface area (Å²) in [5, 5.41) is 19.0. The summed E-state index contributed by atoms with van der Waals surface area (Å²) in [6.07, 6.45) is 1.89. The van der Waals surface area contributed by atoms with E-state index in [1.54, 1.807) is 18.2 Å². The lowest BCUT2D eigenvalue weighted by molar-refractivity contribution is 0.0386. The second kappa shape index (κ2) is 8.93. The van der Waals surface area contributed by atoms with Gasteiger partial charge in [-0.1, -0.05) is 36.2 Å². The van der Waals surface area contributed by atoms with Crippen LogP contribution in [0.4, 0.5) is 5.00 Å². The van der Waals surface area contributed by atoms with Crippen LogP contribution in [0.15, 0.2) is 23.2 Å². The average molecular weight is 436 g/mol. The van der Waals surface area contributed by atoms with Gasteiger partial charge in [0.1, 0.15) is 23.2 Å². The fourth-order valence-corrected chi connectivity index (χ4v) is 4.87. The minimum Gasteiger partial charge on any atom is -0.382 e. The largest absolute Gasteiger partial charge is 0.382 e. The zero-order valence-corrected chi connectivity index (χ0v) is 17.5. The summed E-state index contributed by atoms with van der Waals surface area (Å²) >= 11 is 13.9. The molecule has 1 saturated heterocycles. The Morgan fingerprint density at radius 1 is 1.54 bits per heavy atom. The molecule has 1 atom stereocenters. The molecule has 0 amide bonds. The molecule has 1 fully saturated rings. The monoisotopic (exact) mass is 435 g/mol. The normalized spacial score (nSPS) is 17.4. The quantitative estimate of drug-likeness (QED) is 0.532. The Labute approximate surface area is 177 Å². The Kier molecular flexibility index (Phi) is 6.57. The smallest absolute Gasteiger partial charge is 0.143 e. The number of thiophene rings is 1. The van der Waals surface area contributed by atoms with E-state index in [-0.39, 0.29) is 11.9 Å². The molecule has 9 heteroatoms. The molecule has 6 nitrogen and oxygen atoms in total. The number of rotatable bonds is 5. The summed E-state index contributed by atoms with van der Waals surface area (Å²) in [5.74, 6) is 0.170. The van der Waals surface area contributed by atoms with Gasteiger partial charge in [0.05, 0.1) is 23.2 Å². The van der Waals surface area contributed by atoms with Crippen LogP contribution >= 0.6 is 34.5 Å². The minimum atomic E-state index is 0.112. The van der Waals surface area contributed by atoms with Crippen molar-refractivity contribution in [2.45, 2.75) is 19.4 Å². The second-order valence-electron chi connectivity index (χ2n) is 6.21. The van der Waals surface area contributed by atoms with E-state index in [2.05, 4.69) is 22.9 Å². The molecule has 0 radical (unpaired) electrons. The van der Waals surface area contributed by atoms with Crippen molar-refractivity contribution in [3.05, 3.63) is 38.7 Å². The lowest BCUT2D eigenvalue weighted by Gasteiger charge is -2.33. The van der Waals surface area contributed by atoms with Gasteiger partial charge in [-0.25, -0.2) is 4.99 Å². The van der Waals surface area contributed by atoms with Gasteiger partial charge in [-0.3, -0.25) is 5.41 Å². The van der Waals surface area contributed by atoms with Crippen molar-refractivity contribution >= 4 is 51.7 Å². The number of halogens is 2. The molecule has 1 aromatic heterocycles. The minimum absolute atomic E-state index is 0.112. The number of nitriles is 1. The highest BCUT2D eigenvalue weighted by atomic mass is 35.5. The summed E-state index contributed by atoms with van der Waals surface area (Å²) in [4.78, 5) is 6.68. The number of nitrogens with two attached hydrogens (primary N) is 1. The number of amidine groups is 1. The molecule has 3 N–H and O–H groups in total. The van der Waals surface area contributed by atoms with E-state index < -0.39 is 0 Å². The van der Waals surface area contributed by atoms with Crippen LogP contribution in [0.1, 0.15) is 23.8 Å². The van der Waals surface area contributed by atoms with Crippen molar-refractivity contribution < 1.29 is 4.74 Å². The SMILES string of the molecule is CC[C@@H]1CN(c2sc(C(N)=NC=N)c(-c3ccc(Cl)cc3Cl)c2C#N)CCO1. The number of hydrogen-bond donors (Lipinski definition) is 2. The van der Waals surface area contributed by atoms with Crippen LogP contribution in [-0.4, -0.2) is 38.0 Å². The molecule has 0 aliphatic carbocycles. The van der Waals surface area contributed by atoms with Crippen LogP contribution in [0, 0.1) is 16.7 Å². The van der Waals surface area contributed by atoms with E-state index in [0.29, 0.717) is 51.3 Å². The topological polar surface area (TPSA) is 98.5 Å². The Bertz CT molecular complexity index is 966. The highest BCUT2D eigenvalue weighted by Gasteiger charge is 2.29. The van der Waals surface area contributed by atoms with Gasteiger partial charge in [0, 0.05) is 34.3 Å². The molecule has 1 aliphatic rings. The van der Waals surface area contributed by atoms with Gasteiger partial charge in [0.15, 0.2) is 0 Å². The predicted molar refractivity (Wildman–Crippen MR) is 116 cm³/mol. The molecule has 0 unspecified atom stereocenters. The Balaban J connectivity index is 2.22. The first kappa shape index (κ1) is 20.6. The maximum atomic E-state index is 9.99. The number of benzene rings is 1. The van der Waals surface area contributed by atoms with Crippen LogP contribution in [0.3, 0.4) is 0 Å². The number of nitrogens with one attached hydrogen (secondary N) is 1. The van der Waals surface area contributed by atoms with Crippen molar-refractivity contribution in [2.75, 3.05) is 24.6 Å². The number of anilines is 1. The molecule has 1 aliphatic heterocycles. The molecular formula is C19H19Cl2N5OS. The van der Waals surface area contributed by atoms with Crippen molar-refractivity contribution in [3.63, 3.8) is 0 Å². The van der Waals surface area contributed by atoms with Gasteiger partial charge < -0.3 is 15.4 Å². The van der Waals surface area contributed by atoms with Crippen LogP contribution in [0.5, 0.6) is 0 Å². The lowest BCUT2D eigenvalue weighted by atomic mass is 10.0. The van der Waals surface area contributed by atoms with Gasteiger partial charge in [-0.2, -0.15) is 5.26 Å². The van der Waals surface area contributed by atoms with E-state index in [4.69, 9.17) is 39.1 Å². The first-order chi connectivity index (χ1) is 13.5. The fourth-order valence-electron chi connectivity index (χ4n) is 3.15. The molecule has 28 heavy (non-hydrogen) atoms. The van der Waals surface area contributed by atoms with Gasteiger partial charge in [-0.05, 0) is 18.6 Å². The Morgan fingerprint density at radius 2 is 2.32 bits per heavy atom. The van der Waals surface area contributed by atoms with E-state index in [1.165, 1.54) is 11.3 Å². The summed E-state index contributed by atoms with van der Waals surface area (Å²) < 4.78 is 5.76. The predicted octanol–water partition coefficient (Wildman–Crippen LogP) is 4.52. The molecule has 0 bridgehead atoms. The van der Waals surface area contributed by atoms with Crippen molar-refractivity contribution in [1.29, 1.82) is 10.7 Å². The third-order valence-electron chi connectivity index (χ3n) is 4.52. The first-order valence-electron chi connectivity index (χ1n) is 8.71. The standard InChI is InChI=1S/C19H19Cl2N5OS/c1-2-12-9-26(5-6-27-12)19-14(8-22)16(17(28-19)18(24)25-10-23)13-4-3-11(20)7-15(13)21/h3-4,7,10,12H,2,5-6,9H2,1H3,(H3,23,24,25)/t12-/m1/s1. The van der Waals surface area contributed by atoms with Gasteiger partial charge >= 0.3 is 0 Å². The van der Waals surface area contributed by atoms with Crippen LogP contribution in [0.2, 0.25) is 10.0 Å². The third kappa shape index (κ3) is 4.01. The lowest BCUT2D eigenvalue weighted by Crippen LogP contribution is -2.42. The second-order valence-corrected chi connectivity index (χ2v) is 8.06. The number of hydrogen-bond acceptors (Lipinski definition) is 5. The fraction of sp³-hybridized carbons (Fsp3) is 0.316. The molecular weight excluding hydrogens is 417 g/mol. The molecule has 1 aromatic carbocycles. The van der Waals surface area contributed by atoms with Crippen molar-refractivity contribution in [2.24, 2.45) is 10.7 Å². The highest BCUT2D eigenvalue weighted by molar-refractivity contribution is 7.19. The zero-order valence-electron chi connectivity index (χ0n) is 15.2. The van der Waals surface area contributed by atoms with Gasteiger partial charge in [0.2, 0.25) is 0 Å². The van der Waals surface area contributed by atoms with Gasteiger partial charge in [-0.15, -0.1) is 11.3 Å². The molecule has 146 valence electrons. The van der Waals surface area contributed by atoms with Gasteiger partial charge in [0.25, 0.3) is 0 Å². The number of ether oxygens (including phenoxy) is 1. The molecule has 2 aromatic rings. The highest BCUT2D eigenvalue weighted by Crippen LogP contribution is 2.44. The summed E-state index contributed by atoms with van der Waals surface area (Å²) in [7, 11) is 0. The molecule has 0 saturated carbocycles. The van der Waals surface area contributed by atoms with E-state index in [9.17, 15) is 5.26 Å². The van der Waals surface area contributed by atoms with Crippen LogP contribution in [-0.2, 0) is 4.74 Å². The number of aliphatic imine (C=N–C) groups is 1. The van der Waals surface area contributed by atoms with Crippen molar-refractivity contribution in [1.82, 2.24) is 0 Å². The van der Waals surface area contributed by atoms with E-state index >= 15 is 0 Å². The summed E-state index contributed by atoms with van der Waals surface area (Å²) in [6.45, 7) is 4.05. The maximum absolute atomic E-state index is 9.99. The Hall–Kier alpha value is -2.11. The maximum Gasteiger partial charge on any atom is 0.143 e. The average Bonchev–Trinajstić information content (AvgIpc) is 3.07. The number of morpholine rings is 1. The summed E-state index contributed by atoms with van der Waals surface area (Å²) in [6, 6.07) is 7.44. The molecule has 0 spiro atoms. The molecule has 2 heterocycles. The molecule has 3 rings (SSSR count). The van der Waals surface area contributed by atoms with Crippen LogP contribution in [0.25, 0.3) is 11.1 Å². The number of nitrogens with zero attached hydrogens (tertiary/aromatic N) is 3. The van der Waals surface area contributed by atoms with Crippen LogP contribution < -0.4 is 10.6 Å². The summed E-state index contributed by atoms with van der Waals surface area (Å²) in [5.41, 5.74) is 7.89.